The summed E-state index contributed by atoms with van der Waals surface area (Å²) in [6.45, 7) is 2.40. The molecule has 0 aliphatic carbocycles. The van der Waals surface area contributed by atoms with Gasteiger partial charge in [-0.15, -0.1) is 0 Å². The number of hydrogen-bond acceptors (Lipinski definition) is 2. The van der Waals surface area contributed by atoms with E-state index in [1.54, 1.807) is 19.2 Å². The summed E-state index contributed by atoms with van der Waals surface area (Å²) in [7, 11) is -1.61. The van der Waals surface area contributed by atoms with Gasteiger partial charge in [-0.1, -0.05) is 15.9 Å². The summed E-state index contributed by atoms with van der Waals surface area (Å²) in [6, 6.07) is 3.44. The van der Waals surface area contributed by atoms with Crippen molar-refractivity contribution in [1.29, 1.82) is 0 Å². The van der Waals surface area contributed by atoms with Gasteiger partial charge in [0.05, 0.1) is 4.90 Å². The van der Waals surface area contributed by atoms with E-state index in [9.17, 15) is 8.42 Å². The minimum Gasteiger partial charge on any atom is -0.207 e. The lowest BCUT2D eigenvalue weighted by Crippen LogP contribution is -2.18. The predicted molar refractivity (Wildman–Crippen MR) is 57.5 cm³/mol. The van der Waals surface area contributed by atoms with E-state index < -0.39 is 10.0 Å². The van der Waals surface area contributed by atoms with Crippen LogP contribution in [0.5, 0.6) is 0 Å². The van der Waals surface area contributed by atoms with Gasteiger partial charge in [-0.05, 0) is 30.2 Å². The molecule has 1 aromatic carbocycles. The standard InChI is InChI=1S/C9H10BrNO2S/c1-6-7-5-11(2)14(12,13)9(7)4-3-8(6)10/h3-4H,5H2,1-2H3. The monoisotopic (exact) mass is 275 g/mol. The number of benzene rings is 1. The summed E-state index contributed by atoms with van der Waals surface area (Å²) in [5, 5.41) is 0. The third-order valence-corrected chi connectivity index (χ3v) is 5.31. The molecule has 0 amide bonds. The molecular formula is C9H10BrNO2S. The first-order chi connectivity index (χ1) is 6.44. The Balaban J connectivity index is 2.77. The molecule has 0 aromatic heterocycles. The molecule has 0 saturated carbocycles. The molecule has 1 aliphatic rings. The normalized spacial score (nSPS) is 19.6. The van der Waals surface area contributed by atoms with Crippen molar-refractivity contribution in [3.8, 4) is 0 Å². The summed E-state index contributed by atoms with van der Waals surface area (Å²) in [6.07, 6.45) is 0. The number of hydrogen-bond donors (Lipinski definition) is 0. The van der Waals surface area contributed by atoms with Crippen LogP contribution in [0, 0.1) is 6.92 Å². The van der Waals surface area contributed by atoms with Crippen LogP contribution in [0.3, 0.4) is 0 Å². The maximum absolute atomic E-state index is 11.8. The molecule has 76 valence electrons. The van der Waals surface area contributed by atoms with E-state index in [2.05, 4.69) is 15.9 Å². The van der Waals surface area contributed by atoms with Gasteiger partial charge in [0.15, 0.2) is 0 Å². The topological polar surface area (TPSA) is 37.4 Å². The van der Waals surface area contributed by atoms with Gasteiger partial charge in [0.2, 0.25) is 10.0 Å². The van der Waals surface area contributed by atoms with Crippen molar-refractivity contribution >= 4 is 26.0 Å². The van der Waals surface area contributed by atoms with Crippen LogP contribution in [0.4, 0.5) is 0 Å². The van der Waals surface area contributed by atoms with E-state index in [0.717, 1.165) is 15.6 Å². The first kappa shape index (κ1) is 10.1. The van der Waals surface area contributed by atoms with Gasteiger partial charge in [-0.25, -0.2) is 8.42 Å². The molecular weight excluding hydrogens is 266 g/mol. The molecule has 2 rings (SSSR count). The second-order valence-electron chi connectivity index (χ2n) is 3.41. The third kappa shape index (κ3) is 1.23. The molecule has 0 N–H and O–H groups in total. The Bertz CT molecular complexity index is 496. The lowest BCUT2D eigenvalue weighted by molar-refractivity contribution is 0.488. The zero-order valence-corrected chi connectivity index (χ0v) is 10.3. The van der Waals surface area contributed by atoms with Gasteiger partial charge < -0.3 is 0 Å². The van der Waals surface area contributed by atoms with E-state index in [0.29, 0.717) is 11.4 Å². The zero-order valence-electron chi connectivity index (χ0n) is 7.91. The highest BCUT2D eigenvalue weighted by molar-refractivity contribution is 9.10. The van der Waals surface area contributed by atoms with E-state index in [-0.39, 0.29) is 0 Å². The Morgan fingerprint density at radius 2 is 2.07 bits per heavy atom. The summed E-state index contributed by atoms with van der Waals surface area (Å²) >= 11 is 3.39. The van der Waals surface area contributed by atoms with Crippen molar-refractivity contribution in [1.82, 2.24) is 4.31 Å². The van der Waals surface area contributed by atoms with Crippen molar-refractivity contribution in [2.75, 3.05) is 7.05 Å². The average Bonchev–Trinajstić information content (AvgIpc) is 2.33. The fourth-order valence-corrected chi connectivity index (χ4v) is 3.39. The molecule has 0 spiro atoms. The Hall–Kier alpha value is -0.390. The molecule has 5 heteroatoms. The van der Waals surface area contributed by atoms with E-state index in [1.165, 1.54) is 4.31 Å². The number of fused-ring (bicyclic) bond motifs is 1. The Morgan fingerprint density at radius 3 is 2.71 bits per heavy atom. The minimum absolute atomic E-state index is 0.445. The van der Waals surface area contributed by atoms with Gasteiger partial charge in [-0.2, -0.15) is 4.31 Å². The minimum atomic E-state index is -3.21. The van der Waals surface area contributed by atoms with Gasteiger partial charge >= 0.3 is 0 Å². The Labute approximate surface area is 91.9 Å². The number of nitrogens with zero attached hydrogens (tertiary/aromatic N) is 1. The first-order valence-electron chi connectivity index (χ1n) is 4.19. The van der Waals surface area contributed by atoms with Gasteiger partial charge in [0.1, 0.15) is 0 Å². The van der Waals surface area contributed by atoms with Crippen LogP contribution in [0.25, 0.3) is 0 Å². The fourth-order valence-electron chi connectivity index (χ4n) is 1.62. The van der Waals surface area contributed by atoms with Crippen LogP contribution in [0.15, 0.2) is 21.5 Å². The summed E-state index contributed by atoms with van der Waals surface area (Å²) in [5.41, 5.74) is 1.91. The number of rotatable bonds is 0. The molecule has 14 heavy (non-hydrogen) atoms. The zero-order chi connectivity index (χ0) is 10.5. The van der Waals surface area contributed by atoms with E-state index in [1.807, 2.05) is 6.92 Å². The Morgan fingerprint density at radius 1 is 1.43 bits per heavy atom. The first-order valence-corrected chi connectivity index (χ1v) is 6.42. The highest BCUT2D eigenvalue weighted by Gasteiger charge is 2.32. The summed E-state index contributed by atoms with van der Waals surface area (Å²) in [5.74, 6) is 0. The predicted octanol–water partition coefficient (Wildman–Crippen LogP) is 1.89. The van der Waals surface area contributed by atoms with Gasteiger partial charge in [0, 0.05) is 18.1 Å². The number of halogens is 1. The van der Waals surface area contributed by atoms with Crippen LogP contribution in [-0.4, -0.2) is 19.8 Å². The second kappa shape index (κ2) is 3.05. The summed E-state index contributed by atoms with van der Waals surface area (Å²) < 4.78 is 25.8. The fraction of sp³-hybridized carbons (Fsp3) is 0.333. The van der Waals surface area contributed by atoms with Crippen LogP contribution < -0.4 is 0 Å². The maximum atomic E-state index is 11.8. The van der Waals surface area contributed by atoms with Crippen LogP contribution >= 0.6 is 15.9 Å². The van der Waals surface area contributed by atoms with Crippen LogP contribution in [-0.2, 0) is 16.6 Å². The number of sulfonamides is 1. The van der Waals surface area contributed by atoms with Crippen molar-refractivity contribution in [3.63, 3.8) is 0 Å². The molecule has 0 fully saturated rings. The van der Waals surface area contributed by atoms with Crippen molar-refractivity contribution in [2.24, 2.45) is 0 Å². The second-order valence-corrected chi connectivity index (χ2v) is 6.28. The lowest BCUT2D eigenvalue weighted by atomic mass is 10.1. The van der Waals surface area contributed by atoms with Crippen molar-refractivity contribution in [2.45, 2.75) is 18.4 Å². The molecule has 1 heterocycles. The van der Waals surface area contributed by atoms with E-state index in [4.69, 9.17) is 0 Å². The molecule has 0 atom stereocenters. The van der Waals surface area contributed by atoms with Crippen molar-refractivity contribution in [3.05, 3.63) is 27.7 Å². The molecule has 0 bridgehead atoms. The largest absolute Gasteiger partial charge is 0.243 e. The van der Waals surface area contributed by atoms with Crippen LogP contribution in [0.2, 0.25) is 0 Å². The summed E-state index contributed by atoms with van der Waals surface area (Å²) in [4.78, 5) is 0.445. The molecule has 1 aromatic rings. The average molecular weight is 276 g/mol. The maximum Gasteiger partial charge on any atom is 0.243 e. The third-order valence-electron chi connectivity index (χ3n) is 2.56. The quantitative estimate of drug-likeness (QED) is 0.725. The molecule has 0 unspecified atom stereocenters. The Kier molecular flexibility index (Phi) is 2.21. The molecule has 0 saturated heterocycles. The van der Waals surface area contributed by atoms with Gasteiger partial charge in [0.25, 0.3) is 0 Å². The lowest BCUT2D eigenvalue weighted by Gasteiger charge is -2.04. The molecule has 3 nitrogen and oxygen atoms in total. The molecule has 0 radical (unpaired) electrons. The van der Waals surface area contributed by atoms with E-state index >= 15 is 0 Å². The van der Waals surface area contributed by atoms with Gasteiger partial charge in [-0.3, -0.25) is 0 Å². The van der Waals surface area contributed by atoms with Crippen LogP contribution in [0.1, 0.15) is 11.1 Å². The highest BCUT2D eigenvalue weighted by Crippen LogP contribution is 2.34. The van der Waals surface area contributed by atoms with Crippen molar-refractivity contribution < 1.29 is 8.42 Å². The SMILES string of the molecule is Cc1c(Br)ccc2c1CN(C)S2(=O)=O. The smallest absolute Gasteiger partial charge is 0.207 e. The molecule has 1 aliphatic heterocycles. The highest BCUT2D eigenvalue weighted by atomic mass is 79.9.